The molecule has 0 amide bonds. The Kier molecular flexibility index (Phi) is 8.90. The second-order valence-corrected chi connectivity index (χ2v) is 14.7. The summed E-state index contributed by atoms with van der Waals surface area (Å²) in [7, 11) is 54.4. The number of hydrogen-bond donors (Lipinski definition) is 0. The molecule has 10 rings (SSSR count). The largest absolute Gasteiger partial charge is 0.455 e. The summed E-state index contributed by atoms with van der Waals surface area (Å²) in [6.45, 7) is 0. The first-order valence-corrected chi connectivity index (χ1v) is 18.9. The third-order valence-electron chi connectivity index (χ3n) is 11.3. The summed E-state index contributed by atoms with van der Waals surface area (Å²) in [5.74, 6) is 0.479. The predicted molar refractivity (Wildman–Crippen MR) is 255 cm³/mol. The molecule has 2 aromatic heterocycles. The highest BCUT2D eigenvalue weighted by molar-refractivity contribution is 6.71. The third kappa shape index (κ3) is 5.85. The molecule has 0 atom stereocenters. The number of hydrogen-bond acceptors (Lipinski definition) is 3. The first kappa shape index (κ1) is 37.0. The molecule has 0 aliphatic carbocycles. The van der Waals surface area contributed by atoms with Crippen LogP contribution in [0.2, 0.25) is 0 Å². The quantitative estimate of drug-likeness (QED) is 0.256. The molecule has 11 heteroatoms. The van der Waals surface area contributed by atoms with Crippen LogP contribution in [0.5, 0.6) is 0 Å². The van der Waals surface area contributed by atoms with Gasteiger partial charge in [-0.15, -0.1) is 10.9 Å². The Bertz CT molecular complexity index is 3290. The van der Waals surface area contributed by atoms with Crippen LogP contribution >= 0.6 is 0 Å². The summed E-state index contributed by atoms with van der Waals surface area (Å²) >= 11 is 0. The fraction of sp³-hybridized carbons (Fsp3) is 0. The Hall–Kier alpha value is -6.32. The summed E-state index contributed by atoms with van der Waals surface area (Å²) in [6, 6.07) is 44.2. The van der Waals surface area contributed by atoms with Gasteiger partial charge in [-0.1, -0.05) is 154 Å². The van der Waals surface area contributed by atoms with Crippen molar-refractivity contribution in [2.75, 3.05) is 0 Å². The lowest BCUT2D eigenvalue weighted by atomic mass is 9.61. The molecule has 2 heterocycles. The van der Waals surface area contributed by atoms with Crippen LogP contribution in [-0.2, 0) is 0 Å². The van der Waals surface area contributed by atoms with Crippen molar-refractivity contribution in [3.63, 3.8) is 0 Å². The molecule has 254 valence electrons. The van der Waals surface area contributed by atoms with Gasteiger partial charge in [-0.25, -0.2) is 9.97 Å². The summed E-state index contributed by atoms with van der Waals surface area (Å²) in [5, 5.41) is 3.98. The van der Waals surface area contributed by atoms with Crippen LogP contribution < -0.4 is 43.7 Å². The van der Waals surface area contributed by atoms with Crippen LogP contribution in [0.3, 0.4) is 0 Å². The Balaban J connectivity index is 1.31. The van der Waals surface area contributed by atoms with Gasteiger partial charge in [0.25, 0.3) is 0 Å². The van der Waals surface area contributed by atoms with Gasteiger partial charge in [-0.05, 0) is 45.0 Å². The van der Waals surface area contributed by atoms with E-state index in [1.165, 1.54) is 5.39 Å². The average Bonchev–Trinajstić information content (AvgIpc) is 3.66. The molecule has 0 saturated heterocycles. The molecule has 0 fully saturated rings. The lowest BCUT2D eigenvalue weighted by Crippen LogP contribution is -2.50. The maximum Gasteiger partial charge on any atom is 0.160 e. The molecule has 0 saturated carbocycles. The molecule has 10 aromatic rings. The number of nitrogens with zero attached hydrogens (tertiary/aromatic N) is 2. The van der Waals surface area contributed by atoms with Gasteiger partial charge in [-0.2, -0.15) is 0 Å². The fourth-order valence-electron chi connectivity index (χ4n) is 8.22. The molecule has 0 N–H and O–H groups in total. The van der Waals surface area contributed by atoms with Crippen LogP contribution in [0, 0.1) is 0 Å². The van der Waals surface area contributed by atoms with Crippen LogP contribution in [0.4, 0.5) is 0 Å². The summed E-state index contributed by atoms with van der Waals surface area (Å²) in [6.07, 6.45) is 0. The first-order valence-electron chi connectivity index (χ1n) is 18.9. The van der Waals surface area contributed by atoms with Gasteiger partial charge in [0.1, 0.15) is 73.9 Å². The highest BCUT2D eigenvalue weighted by atomic mass is 16.3. The number of rotatable bonds is 5. The van der Waals surface area contributed by atoms with Crippen molar-refractivity contribution in [2.45, 2.75) is 0 Å². The van der Waals surface area contributed by atoms with E-state index >= 15 is 0 Å². The molecule has 0 aliphatic rings. The average molecular weight is 729 g/mol. The molecule has 0 spiro atoms. The van der Waals surface area contributed by atoms with E-state index in [1.54, 1.807) is 0 Å². The monoisotopic (exact) mass is 730 g/mol. The fourth-order valence-corrected chi connectivity index (χ4v) is 8.22. The van der Waals surface area contributed by atoms with Gasteiger partial charge in [-0.3, -0.25) is 0 Å². The molecular weight excluding hydrogens is 707 g/mol. The van der Waals surface area contributed by atoms with Crippen molar-refractivity contribution < 1.29 is 4.42 Å². The zero-order valence-corrected chi connectivity index (χ0v) is 31.6. The number of furan rings is 1. The first-order chi connectivity index (χ1) is 28.6. The van der Waals surface area contributed by atoms with Crippen LogP contribution in [0.15, 0.2) is 138 Å². The molecule has 8 aromatic carbocycles. The Labute approximate surface area is 352 Å². The van der Waals surface area contributed by atoms with Gasteiger partial charge >= 0.3 is 0 Å². The Morgan fingerprint density at radius 2 is 0.831 bits per heavy atom. The van der Waals surface area contributed by atoms with Gasteiger partial charge in [0.15, 0.2) is 5.82 Å². The van der Waals surface area contributed by atoms with Crippen LogP contribution in [0.25, 0.3) is 99.6 Å². The van der Waals surface area contributed by atoms with E-state index < -0.39 is 0 Å². The molecule has 0 aliphatic heterocycles. The van der Waals surface area contributed by atoms with Crippen molar-refractivity contribution in [3.05, 3.63) is 133 Å². The molecule has 59 heavy (non-hydrogen) atoms. The molecule has 0 bridgehead atoms. The zero-order valence-electron chi connectivity index (χ0n) is 31.6. The minimum Gasteiger partial charge on any atom is -0.455 e. The number of benzene rings is 8. The van der Waals surface area contributed by atoms with E-state index in [2.05, 4.69) is 30.3 Å². The number of aromatic nitrogens is 2. The van der Waals surface area contributed by atoms with Crippen molar-refractivity contribution in [2.24, 2.45) is 0 Å². The second-order valence-electron chi connectivity index (χ2n) is 14.7. The summed E-state index contributed by atoms with van der Waals surface area (Å²) < 4.78 is 6.96. The normalized spacial score (nSPS) is 11.6. The third-order valence-corrected chi connectivity index (χ3v) is 11.3. The second kappa shape index (κ2) is 14.2. The standard InChI is InChI=1S/C48H22B8N2O/c49-38-32(26-18-15-24(16-19-26)29-20-17-23-9-7-8-14-28(23)21-29)46-34(36-42(53)40(51)35-37(47(36)59-46)43(54)45(56)44(55)41(35)52)33(39(38)50)31-22-30(25-10-3-1-4-11-25)57-48(58-31)27-12-5-2-6-13-27/h1-22H. The molecule has 16 radical (unpaired) electrons. The Morgan fingerprint density at radius 1 is 0.322 bits per heavy atom. The van der Waals surface area contributed by atoms with Gasteiger partial charge < -0.3 is 4.42 Å². The minimum atomic E-state index is 0.0977. The predicted octanol–water partition coefficient (Wildman–Crippen LogP) is 3.37. The lowest BCUT2D eigenvalue weighted by Gasteiger charge is -2.21. The van der Waals surface area contributed by atoms with Crippen LogP contribution in [0.1, 0.15) is 0 Å². The SMILES string of the molecule is [B]c1c([B])c(-c2cc(-c3ccccc3)nc(-c3ccccc3)n2)c2c(oc3c4c([B])c([B])c([B])c([B])c4c([B])c([B])c32)c1-c1ccc(-c2ccc3ccccc3c2)cc1. The topological polar surface area (TPSA) is 38.9 Å². The van der Waals surface area contributed by atoms with Crippen molar-refractivity contribution in [3.8, 4) is 56.2 Å². The van der Waals surface area contributed by atoms with E-state index in [1.807, 2.05) is 103 Å². The van der Waals surface area contributed by atoms with E-state index in [-0.39, 0.29) is 43.7 Å². The van der Waals surface area contributed by atoms with Crippen molar-refractivity contribution in [1.82, 2.24) is 9.97 Å². The van der Waals surface area contributed by atoms with E-state index in [0.29, 0.717) is 61.1 Å². The highest BCUT2D eigenvalue weighted by Crippen LogP contribution is 2.41. The maximum absolute atomic E-state index is 7.24. The highest BCUT2D eigenvalue weighted by Gasteiger charge is 2.27. The zero-order chi connectivity index (χ0) is 40.7. The van der Waals surface area contributed by atoms with Gasteiger partial charge in [0.2, 0.25) is 0 Å². The van der Waals surface area contributed by atoms with Crippen molar-refractivity contribution in [1.29, 1.82) is 0 Å². The van der Waals surface area contributed by atoms with Gasteiger partial charge in [0.05, 0.1) is 11.4 Å². The lowest BCUT2D eigenvalue weighted by molar-refractivity contribution is 0.674. The summed E-state index contributed by atoms with van der Waals surface area (Å²) in [5.41, 5.74) is 8.72. The van der Waals surface area contributed by atoms with Crippen LogP contribution in [-0.4, -0.2) is 72.7 Å². The maximum atomic E-state index is 7.24. The minimum absolute atomic E-state index is 0.0977. The Morgan fingerprint density at radius 3 is 1.53 bits per heavy atom. The van der Waals surface area contributed by atoms with E-state index in [4.69, 9.17) is 77.2 Å². The molecular formula is C48H22B8N2O. The van der Waals surface area contributed by atoms with E-state index in [0.717, 1.165) is 33.2 Å². The summed E-state index contributed by atoms with van der Waals surface area (Å²) in [4.78, 5) is 10.1. The van der Waals surface area contributed by atoms with E-state index in [9.17, 15) is 0 Å². The van der Waals surface area contributed by atoms with Crippen molar-refractivity contribution >= 4 is 150 Å². The molecule has 3 nitrogen and oxygen atoms in total. The number of fused-ring (bicyclic) bond motifs is 6. The van der Waals surface area contributed by atoms with Gasteiger partial charge in [0, 0.05) is 38.4 Å². The smallest absolute Gasteiger partial charge is 0.160 e. The molecule has 0 unspecified atom stereocenters.